The maximum atomic E-state index is 11.9. The lowest BCUT2D eigenvalue weighted by atomic mass is 10.1. The highest BCUT2D eigenvalue weighted by Crippen LogP contribution is 2.22. The third-order valence-corrected chi connectivity index (χ3v) is 4.26. The summed E-state index contributed by atoms with van der Waals surface area (Å²) in [6.45, 7) is 5.59. The first-order chi connectivity index (χ1) is 13.2. The van der Waals surface area contributed by atoms with Crippen LogP contribution in [-0.4, -0.2) is 33.8 Å². The molecule has 0 radical (unpaired) electrons. The average molecular weight is 405 g/mol. The number of carbonyl (C=O) groups excluding carboxylic acids is 3. The van der Waals surface area contributed by atoms with Crippen LogP contribution in [0.1, 0.15) is 29.3 Å². The van der Waals surface area contributed by atoms with Crippen LogP contribution in [0.4, 0.5) is 4.79 Å². The number of aromatic nitrogens is 2. The second kappa shape index (κ2) is 9.18. The van der Waals surface area contributed by atoms with E-state index in [1.54, 1.807) is 11.6 Å². The fourth-order valence-electron chi connectivity index (χ4n) is 2.37. The second-order valence-corrected chi connectivity index (χ2v) is 6.56. The van der Waals surface area contributed by atoms with Gasteiger partial charge in [0.1, 0.15) is 5.15 Å². The summed E-state index contributed by atoms with van der Waals surface area (Å²) < 4.78 is 6.55. The van der Waals surface area contributed by atoms with E-state index in [0.29, 0.717) is 23.0 Å². The van der Waals surface area contributed by atoms with Crippen LogP contribution in [0.25, 0.3) is 6.08 Å². The third kappa shape index (κ3) is 5.68. The van der Waals surface area contributed by atoms with E-state index in [9.17, 15) is 14.4 Å². The summed E-state index contributed by atoms with van der Waals surface area (Å²) in [5.41, 5.74) is 8.25. The summed E-state index contributed by atoms with van der Waals surface area (Å²) in [4.78, 5) is 34.1. The van der Waals surface area contributed by atoms with Gasteiger partial charge in [-0.3, -0.25) is 10.1 Å². The van der Waals surface area contributed by atoms with E-state index in [4.69, 9.17) is 22.1 Å². The summed E-state index contributed by atoms with van der Waals surface area (Å²) in [5, 5.41) is 6.60. The molecule has 2 aromatic rings. The highest BCUT2D eigenvalue weighted by molar-refractivity contribution is 6.31. The lowest BCUT2D eigenvalue weighted by Crippen LogP contribution is -2.42. The predicted molar refractivity (Wildman–Crippen MR) is 105 cm³/mol. The molecule has 8 nitrogen and oxygen atoms in total. The van der Waals surface area contributed by atoms with Crippen LogP contribution >= 0.6 is 11.6 Å². The first kappa shape index (κ1) is 21.2. The quantitative estimate of drug-likeness (QED) is 0.566. The van der Waals surface area contributed by atoms with Crippen molar-refractivity contribution in [1.82, 2.24) is 15.1 Å². The zero-order chi connectivity index (χ0) is 20.8. The monoisotopic (exact) mass is 404 g/mol. The fraction of sp³-hybridized carbons (Fsp3) is 0.263. The van der Waals surface area contributed by atoms with E-state index in [2.05, 4.69) is 5.10 Å². The molecule has 1 aromatic heterocycles. The minimum absolute atomic E-state index is 0.377. The Labute approximate surface area is 167 Å². The third-order valence-electron chi connectivity index (χ3n) is 3.86. The molecule has 0 saturated heterocycles. The van der Waals surface area contributed by atoms with Gasteiger partial charge in [-0.25, -0.2) is 14.3 Å². The molecule has 2 rings (SSSR count). The van der Waals surface area contributed by atoms with Crippen molar-refractivity contribution in [1.29, 1.82) is 0 Å². The molecule has 0 saturated carbocycles. The van der Waals surface area contributed by atoms with E-state index in [0.717, 1.165) is 17.2 Å². The van der Waals surface area contributed by atoms with Crippen molar-refractivity contribution in [2.75, 3.05) is 0 Å². The minimum Gasteiger partial charge on any atom is -0.449 e. The lowest BCUT2D eigenvalue weighted by Gasteiger charge is -2.10. The molecule has 1 atom stereocenters. The van der Waals surface area contributed by atoms with Crippen molar-refractivity contribution in [3.63, 3.8) is 0 Å². The Morgan fingerprint density at radius 1 is 1.29 bits per heavy atom. The van der Waals surface area contributed by atoms with Gasteiger partial charge in [-0.1, -0.05) is 41.4 Å². The lowest BCUT2D eigenvalue weighted by molar-refractivity contribution is -0.149. The van der Waals surface area contributed by atoms with Crippen molar-refractivity contribution in [2.24, 2.45) is 5.73 Å². The molecule has 0 spiro atoms. The summed E-state index contributed by atoms with van der Waals surface area (Å²) in [6.07, 6.45) is 1.43. The molecule has 0 fully saturated rings. The maximum Gasteiger partial charge on any atom is 0.331 e. The second-order valence-electron chi connectivity index (χ2n) is 6.20. The summed E-state index contributed by atoms with van der Waals surface area (Å²) in [7, 11) is 0. The largest absolute Gasteiger partial charge is 0.449 e. The molecule has 28 heavy (non-hydrogen) atoms. The molecule has 1 unspecified atom stereocenters. The van der Waals surface area contributed by atoms with Crippen LogP contribution in [0.15, 0.2) is 30.3 Å². The predicted octanol–water partition coefficient (Wildman–Crippen LogP) is 2.34. The number of carbonyl (C=O) groups is 3. The van der Waals surface area contributed by atoms with Crippen LogP contribution in [0.2, 0.25) is 5.15 Å². The van der Waals surface area contributed by atoms with Gasteiger partial charge in [0.05, 0.1) is 12.2 Å². The molecule has 148 valence electrons. The Balaban J connectivity index is 2.06. The SMILES string of the molecule is Cc1ccc(Cn2nc(C)c(/C=C/C(=O)OC(C)C(=O)NC(N)=O)c2Cl)cc1. The van der Waals surface area contributed by atoms with E-state index in [1.807, 2.05) is 36.5 Å². The van der Waals surface area contributed by atoms with Gasteiger partial charge in [0.15, 0.2) is 6.10 Å². The van der Waals surface area contributed by atoms with Crippen LogP contribution in [0.3, 0.4) is 0 Å². The van der Waals surface area contributed by atoms with E-state index in [1.165, 1.54) is 13.0 Å². The maximum absolute atomic E-state index is 11.9. The fourth-order valence-corrected chi connectivity index (χ4v) is 2.67. The molecular formula is C19H21ClN4O4. The molecule has 3 N–H and O–H groups in total. The molecule has 1 aromatic carbocycles. The molecule has 0 bridgehead atoms. The van der Waals surface area contributed by atoms with Crippen LogP contribution in [-0.2, 0) is 20.9 Å². The zero-order valence-electron chi connectivity index (χ0n) is 15.7. The average Bonchev–Trinajstić information content (AvgIpc) is 2.88. The van der Waals surface area contributed by atoms with E-state index >= 15 is 0 Å². The molecule has 9 heteroatoms. The van der Waals surface area contributed by atoms with Gasteiger partial charge in [-0.15, -0.1) is 0 Å². The summed E-state index contributed by atoms with van der Waals surface area (Å²) >= 11 is 6.39. The van der Waals surface area contributed by atoms with Crippen molar-refractivity contribution >= 4 is 35.6 Å². The van der Waals surface area contributed by atoms with Crippen molar-refractivity contribution in [3.05, 3.63) is 57.9 Å². The van der Waals surface area contributed by atoms with Gasteiger partial charge in [-0.05, 0) is 32.4 Å². The smallest absolute Gasteiger partial charge is 0.331 e. The Bertz CT molecular complexity index is 919. The standard InChI is InChI=1S/C19H21ClN4O4/c1-11-4-6-14(7-5-11)10-24-17(20)15(12(2)23-24)8-9-16(25)28-13(3)18(26)22-19(21)27/h4-9,13H,10H2,1-3H3,(H3,21,22,26,27)/b9-8+. The number of nitrogens with two attached hydrogens (primary N) is 1. The topological polar surface area (TPSA) is 116 Å². The number of amides is 3. The Kier molecular flexibility index (Phi) is 6.94. The summed E-state index contributed by atoms with van der Waals surface area (Å²) in [5.74, 6) is -1.58. The number of hydrogen-bond acceptors (Lipinski definition) is 5. The number of hydrogen-bond donors (Lipinski definition) is 2. The number of halogens is 1. The first-order valence-corrected chi connectivity index (χ1v) is 8.82. The van der Waals surface area contributed by atoms with Crippen LogP contribution < -0.4 is 11.1 Å². The summed E-state index contributed by atoms with van der Waals surface area (Å²) in [6, 6.07) is 6.98. The van der Waals surface area contributed by atoms with Gasteiger partial charge < -0.3 is 10.5 Å². The van der Waals surface area contributed by atoms with Gasteiger partial charge in [0.2, 0.25) is 0 Å². The molecule has 1 heterocycles. The molecule has 3 amide bonds. The Morgan fingerprint density at radius 2 is 1.93 bits per heavy atom. The Morgan fingerprint density at radius 3 is 2.54 bits per heavy atom. The zero-order valence-corrected chi connectivity index (χ0v) is 16.5. The normalized spacial score (nSPS) is 12.0. The van der Waals surface area contributed by atoms with Gasteiger partial charge >= 0.3 is 12.0 Å². The molecular weight excluding hydrogens is 384 g/mol. The molecule has 0 aliphatic rings. The number of nitrogens with one attached hydrogen (secondary N) is 1. The van der Waals surface area contributed by atoms with E-state index in [-0.39, 0.29) is 0 Å². The van der Waals surface area contributed by atoms with Gasteiger partial charge in [0, 0.05) is 11.6 Å². The highest BCUT2D eigenvalue weighted by atomic mass is 35.5. The highest BCUT2D eigenvalue weighted by Gasteiger charge is 2.18. The number of esters is 1. The van der Waals surface area contributed by atoms with Crippen molar-refractivity contribution in [3.8, 4) is 0 Å². The number of imide groups is 1. The van der Waals surface area contributed by atoms with Crippen molar-refractivity contribution in [2.45, 2.75) is 33.4 Å². The minimum atomic E-state index is -1.18. The number of urea groups is 1. The number of aryl methyl sites for hydroxylation is 2. The number of primary amides is 1. The Hall–Kier alpha value is -3.13. The number of ether oxygens (including phenoxy) is 1. The molecule has 0 aliphatic heterocycles. The first-order valence-electron chi connectivity index (χ1n) is 8.44. The number of benzene rings is 1. The van der Waals surface area contributed by atoms with Gasteiger partial charge in [0.25, 0.3) is 5.91 Å². The van der Waals surface area contributed by atoms with Crippen LogP contribution in [0.5, 0.6) is 0 Å². The van der Waals surface area contributed by atoms with Gasteiger partial charge in [-0.2, -0.15) is 5.10 Å². The van der Waals surface area contributed by atoms with E-state index < -0.39 is 24.0 Å². The number of rotatable bonds is 6. The number of nitrogens with zero attached hydrogens (tertiary/aromatic N) is 2. The van der Waals surface area contributed by atoms with Crippen molar-refractivity contribution < 1.29 is 19.1 Å². The molecule has 0 aliphatic carbocycles. The van der Waals surface area contributed by atoms with Crippen LogP contribution in [0, 0.1) is 13.8 Å².